The molecule has 1 aromatic heterocycles. The third-order valence-electron chi connectivity index (χ3n) is 7.05. The van der Waals surface area contributed by atoms with Crippen LogP contribution in [0.1, 0.15) is 27.9 Å². The van der Waals surface area contributed by atoms with Crippen molar-refractivity contribution in [2.75, 3.05) is 37.5 Å². The number of benzene rings is 3. The van der Waals surface area contributed by atoms with E-state index in [4.69, 9.17) is 25.8 Å². The number of carbonyl (C=O) groups is 2. The van der Waals surface area contributed by atoms with Gasteiger partial charge in [-0.05, 0) is 48.4 Å². The zero-order valence-electron chi connectivity index (χ0n) is 23.6. The minimum absolute atomic E-state index is 0.0190. The van der Waals surface area contributed by atoms with Crippen LogP contribution in [0.15, 0.2) is 78.9 Å². The average Bonchev–Trinajstić information content (AvgIpc) is 3.54. The van der Waals surface area contributed by atoms with Gasteiger partial charge in [0.1, 0.15) is 12.4 Å². The summed E-state index contributed by atoms with van der Waals surface area (Å²) in [4.78, 5) is 29.6. The quantitative estimate of drug-likeness (QED) is 0.188. The molecule has 0 unspecified atom stereocenters. The number of rotatable bonds is 11. The van der Waals surface area contributed by atoms with Crippen LogP contribution in [0.4, 0.5) is 15.8 Å². The fraction of sp³-hybridized carbons (Fsp3) is 0.242. The van der Waals surface area contributed by atoms with Crippen LogP contribution in [-0.4, -0.2) is 43.7 Å². The van der Waals surface area contributed by atoms with Gasteiger partial charge in [0.2, 0.25) is 11.8 Å². The summed E-state index contributed by atoms with van der Waals surface area (Å²) in [5.74, 6) is -0.371. The average molecular weight is 604 g/mol. The lowest BCUT2D eigenvalue weighted by molar-refractivity contribution is -0.115. The highest BCUT2D eigenvalue weighted by atomic mass is 35.5. The Morgan fingerprint density at radius 1 is 1.05 bits per heavy atom. The molecule has 5 rings (SSSR count). The molecule has 1 atom stereocenters. The Kier molecular flexibility index (Phi) is 9.86. The van der Waals surface area contributed by atoms with Crippen LogP contribution >= 0.6 is 11.6 Å². The standard InChI is InChI=1S/C33H31ClFN3O5/c1-41-33(40)24-10-12-29(30(16-24)36-18-22-13-14-42-19-22)37-31(39)15-21-5-7-23(8-6-21)28-3-2-4-32(38-28)43-20-25-9-11-26(34)17-27(25)35/h2-12,16-17,22,36H,13-15,18-20H2,1H3,(H,37,39)/t22-/m1/s1. The van der Waals surface area contributed by atoms with Gasteiger partial charge >= 0.3 is 5.97 Å². The van der Waals surface area contributed by atoms with E-state index in [1.807, 2.05) is 36.4 Å². The van der Waals surface area contributed by atoms with Crippen molar-refractivity contribution in [1.29, 1.82) is 0 Å². The molecule has 1 aliphatic rings. The topological polar surface area (TPSA) is 98.8 Å². The number of nitrogens with zero attached hydrogens (tertiary/aromatic N) is 1. The van der Waals surface area contributed by atoms with E-state index in [0.717, 1.165) is 24.2 Å². The summed E-state index contributed by atoms with van der Waals surface area (Å²) in [6, 6.07) is 22.3. The molecular formula is C33H31ClFN3O5. The van der Waals surface area contributed by atoms with Gasteiger partial charge in [0, 0.05) is 41.3 Å². The second kappa shape index (κ2) is 14.1. The minimum Gasteiger partial charge on any atom is -0.473 e. The molecule has 3 aromatic carbocycles. The van der Waals surface area contributed by atoms with Crippen molar-refractivity contribution in [2.45, 2.75) is 19.4 Å². The Labute approximate surface area is 254 Å². The van der Waals surface area contributed by atoms with Crippen molar-refractivity contribution in [3.63, 3.8) is 0 Å². The predicted molar refractivity (Wildman–Crippen MR) is 163 cm³/mol. The number of pyridine rings is 1. The van der Waals surface area contributed by atoms with Gasteiger partial charge in [0.05, 0.1) is 42.8 Å². The number of nitrogens with one attached hydrogen (secondary N) is 2. The van der Waals surface area contributed by atoms with Crippen molar-refractivity contribution in [3.05, 3.63) is 106 Å². The van der Waals surface area contributed by atoms with Gasteiger partial charge in [-0.15, -0.1) is 0 Å². The molecule has 4 aromatic rings. The molecule has 222 valence electrons. The maximum atomic E-state index is 14.1. The second-order valence-electron chi connectivity index (χ2n) is 10.2. The van der Waals surface area contributed by atoms with Crippen molar-refractivity contribution in [3.8, 4) is 17.1 Å². The molecule has 1 aliphatic heterocycles. The van der Waals surface area contributed by atoms with Crippen LogP contribution in [0.5, 0.6) is 5.88 Å². The predicted octanol–water partition coefficient (Wildman–Crippen LogP) is 6.54. The Bertz CT molecular complexity index is 1590. The SMILES string of the molecule is COC(=O)c1ccc(NC(=O)Cc2ccc(-c3cccc(OCc4ccc(Cl)cc4F)n3)cc2)c(NC[C@H]2CCOC2)c1. The monoisotopic (exact) mass is 603 g/mol. The molecule has 0 bridgehead atoms. The number of carbonyl (C=O) groups excluding carboxylic acids is 2. The van der Waals surface area contributed by atoms with E-state index in [-0.39, 0.29) is 18.9 Å². The zero-order valence-corrected chi connectivity index (χ0v) is 24.3. The number of methoxy groups -OCH3 is 1. The normalized spacial score (nSPS) is 14.3. The molecule has 43 heavy (non-hydrogen) atoms. The lowest BCUT2D eigenvalue weighted by Crippen LogP contribution is -2.19. The van der Waals surface area contributed by atoms with E-state index in [0.29, 0.717) is 58.2 Å². The number of esters is 1. The van der Waals surface area contributed by atoms with Gasteiger partial charge < -0.3 is 24.8 Å². The fourth-order valence-electron chi connectivity index (χ4n) is 4.66. The number of amides is 1. The van der Waals surface area contributed by atoms with Crippen LogP contribution < -0.4 is 15.4 Å². The number of aromatic nitrogens is 1. The largest absolute Gasteiger partial charge is 0.473 e. The zero-order chi connectivity index (χ0) is 30.2. The molecule has 1 saturated heterocycles. The molecule has 1 amide bonds. The molecule has 2 heterocycles. The van der Waals surface area contributed by atoms with Crippen molar-refractivity contribution >= 4 is 34.9 Å². The van der Waals surface area contributed by atoms with Gasteiger partial charge in [-0.1, -0.05) is 48.0 Å². The highest BCUT2D eigenvalue weighted by molar-refractivity contribution is 6.30. The van der Waals surface area contributed by atoms with Gasteiger partial charge in [0.15, 0.2) is 0 Å². The van der Waals surface area contributed by atoms with E-state index in [1.165, 1.54) is 13.2 Å². The fourth-order valence-corrected chi connectivity index (χ4v) is 4.82. The highest BCUT2D eigenvalue weighted by Crippen LogP contribution is 2.26. The van der Waals surface area contributed by atoms with E-state index >= 15 is 0 Å². The first-order valence-electron chi connectivity index (χ1n) is 13.8. The smallest absolute Gasteiger partial charge is 0.337 e. The number of hydrogen-bond acceptors (Lipinski definition) is 7. The molecule has 2 N–H and O–H groups in total. The van der Waals surface area contributed by atoms with E-state index in [9.17, 15) is 14.0 Å². The highest BCUT2D eigenvalue weighted by Gasteiger charge is 2.18. The molecule has 8 nitrogen and oxygen atoms in total. The van der Waals surface area contributed by atoms with Gasteiger partial charge in [0.25, 0.3) is 0 Å². The van der Waals surface area contributed by atoms with Gasteiger partial charge in [-0.2, -0.15) is 0 Å². The molecule has 1 fully saturated rings. The van der Waals surface area contributed by atoms with Crippen LogP contribution in [0.2, 0.25) is 5.02 Å². The van der Waals surface area contributed by atoms with Crippen molar-refractivity contribution in [1.82, 2.24) is 4.98 Å². The van der Waals surface area contributed by atoms with E-state index < -0.39 is 11.8 Å². The van der Waals surface area contributed by atoms with Crippen LogP contribution in [0.25, 0.3) is 11.3 Å². The lowest BCUT2D eigenvalue weighted by Gasteiger charge is -2.16. The Morgan fingerprint density at radius 2 is 1.88 bits per heavy atom. The van der Waals surface area contributed by atoms with Gasteiger partial charge in [-0.3, -0.25) is 4.79 Å². The maximum Gasteiger partial charge on any atom is 0.337 e. The summed E-state index contributed by atoms with van der Waals surface area (Å²) in [6.45, 7) is 2.09. The summed E-state index contributed by atoms with van der Waals surface area (Å²) in [7, 11) is 1.33. The van der Waals surface area contributed by atoms with Crippen LogP contribution in [-0.2, 0) is 27.3 Å². The summed E-state index contributed by atoms with van der Waals surface area (Å²) in [5, 5.41) is 6.64. The molecule has 0 radical (unpaired) electrons. The first-order valence-corrected chi connectivity index (χ1v) is 14.2. The van der Waals surface area contributed by atoms with Gasteiger partial charge in [-0.25, -0.2) is 14.2 Å². The molecule has 10 heteroatoms. The van der Waals surface area contributed by atoms with Crippen molar-refractivity contribution in [2.24, 2.45) is 5.92 Å². The number of halogens is 2. The third-order valence-corrected chi connectivity index (χ3v) is 7.28. The summed E-state index contributed by atoms with van der Waals surface area (Å²) in [5.41, 5.74) is 4.33. The van der Waals surface area contributed by atoms with Crippen LogP contribution in [0.3, 0.4) is 0 Å². The second-order valence-corrected chi connectivity index (χ2v) is 10.6. The number of anilines is 2. The number of ether oxygens (including phenoxy) is 3. The lowest BCUT2D eigenvalue weighted by atomic mass is 10.1. The summed E-state index contributed by atoms with van der Waals surface area (Å²) < 4.78 is 30.1. The molecular weight excluding hydrogens is 573 g/mol. The van der Waals surface area contributed by atoms with E-state index in [1.54, 1.807) is 36.4 Å². The first kappa shape index (κ1) is 30.0. The molecule has 0 saturated carbocycles. The molecule has 0 spiro atoms. The Morgan fingerprint density at radius 3 is 2.63 bits per heavy atom. The third kappa shape index (κ3) is 8.09. The van der Waals surface area contributed by atoms with Crippen molar-refractivity contribution < 1.29 is 28.2 Å². The molecule has 0 aliphatic carbocycles. The maximum absolute atomic E-state index is 14.1. The Hall–Kier alpha value is -4.47. The van der Waals surface area contributed by atoms with Crippen LogP contribution in [0, 0.1) is 11.7 Å². The Balaban J connectivity index is 1.21. The summed E-state index contributed by atoms with van der Waals surface area (Å²) >= 11 is 5.82. The minimum atomic E-state index is -0.452. The first-order chi connectivity index (χ1) is 20.9. The summed E-state index contributed by atoms with van der Waals surface area (Å²) in [6.07, 6.45) is 1.11. The van der Waals surface area contributed by atoms with E-state index in [2.05, 4.69) is 15.6 Å². The number of hydrogen-bond donors (Lipinski definition) is 2.